The molecule has 0 saturated carbocycles. The molecule has 0 aromatic carbocycles. The largest absolute Gasteiger partial charge is 0.302 e. The van der Waals surface area contributed by atoms with E-state index in [9.17, 15) is 10.1 Å². The minimum atomic E-state index is -0.389. The normalized spacial score (nSPS) is 10.4. The molecule has 1 aromatic heterocycles. The third kappa shape index (κ3) is 4.09. The van der Waals surface area contributed by atoms with Crippen molar-refractivity contribution in [3.8, 4) is 0 Å². The molecule has 0 aliphatic rings. The van der Waals surface area contributed by atoms with E-state index < -0.39 is 0 Å². The molecule has 0 amide bonds. The van der Waals surface area contributed by atoms with Crippen molar-refractivity contribution in [2.45, 2.75) is 31.2 Å². The lowest BCUT2D eigenvalue weighted by atomic mass is 10.3. The van der Waals surface area contributed by atoms with Gasteiger partial charge in [0.25, 0.3) is 0 Å². The van der Waals surface area contributed by atoms with Crippen molar-refractivity contribution in [3.63, 3.8) is 0 Å². The third-order valence-electron chi connectivity index (χ3n) is 1.98. The lowest BCUT2D eigenvalue weighted by molar-refractivity contribution is -0.388. The number of aromatic nitrogens is 1. The summed E-state index contributed by atoms with van der Waals surface area (Å²) in [5.41, 5.74) is 0.0795. The zero-order chi connectivity index (χ0) is 12.0. The molecule has 88 valence electrons. The van der Waals surface area contributed by atoms with E-state index >= 15 is 0 Å². The standard InChI is InChI=1S/C10H13BrN2O2S/c1-2-3-4-5-16-10-9(13(14)15)6-8(11)7-12-10/h6-7H,2-5H2,1H3. The maximum Gasteiger partial charge on any atom is 0.302 e. The number of rotatable bonds is 6. The minimum absolute atomic E-state index is 0.0795. The molecule has 0 aliphatic carbocycles. The van der Waals surface area contributed by atoms with Crippen LogP contribution in [0, 0.1) is 10.1 Å². The van der Waals surface area contributed by atoms with Gasteiger partial charge in [0.2, 0.25) is 0 Å². The van der Waals surface area contributed by atoms with Gasteiger partial charge < -0.3 is 0 Å². The Kier molecular flexibility index (Phi) is 5.76. The summed E-state index contributed by atoms with van der Waals surface area (Å²) in [6, 6.07) is 1.50. The molecule has 0 aliphatic heterocycles. The molecule has 0 N–H and O–H groups in total. The van der Waals surface area contributed by atoms with Crippen molar-refractivity contribution in [3.05, 3.63) is 26.9 Å². The lowest BCUT2D eigenvalue weighted by Gasteiger charge is -2.01. The zero-order valence-electron chi connectivity index (χ0n) is 8.98. The van der Waals surface area contributed by atoms with Crippen LogP contribution in [0.4, 0.5) is 5.69 Å². The van der Waals surface area contributed by atoms with Crippen LogP contribution in [0.3, 0.4) is 0 Å². The van der Waals surface area contributed by atoms with Crippen LogP contribution >= 0.6 is 27.7 Å². The van der Waals surface area contributed by atoms with Gasteiger partial charge in [0.05, 0.1) is 4.92 Å². The summed E-state index contributed by atoms with van der Waals surface area (Å²) in [4.78, 5) is 14.5. The Bertz CT molecular complexity index is 374. The molecular weight excluding hydrogens is 292 g/mol. The molecule has 0 fully saturated rings. The Morgan fingerprint density at radius 1 is 1.56 bits per heavy atom. The molecule has 4 nitrogen and oxygen atoms in total. The fraction of sp³-hybridized carbons (Fsp3) is 0.500. The molecule has 0 saturated heterocycles. The average Bonchev–Trinajstić information content (AvgIpc) is 2.26. The molecule has 0 unspecified atom stereocenters. The van der Waals surface area contributed by atoms with Crippen LogP contribution in [0.15, 0.2) is 21.8 Å². The van der Waals surface area contributed by atoms with Crippen LogP contribution in [0.1, 0.15) is 26.2 Å². The van der Waals surface area contributed by atoms with Crippen LogP contribution in [0.5, 0.6) is 0 Å². The fourth-order valence-electron chi connectivity index (χ4n) is 1.18. The van der Waals surface area contributed by atoms with Gasteiger partial charge in [-0.25, -0.2) is 4.98 Å². The van der Waals surface area contributed by atoms with E-state index in [1.54, 1.807) is 6.20 Å². The van der Waals surface area contributed by atoms with Gasteiger partial charge in [-0.3, -0.25) is 10.1 Å². The highest BCUT2D eigenvalue weighted by molar-refractivity contribution is 9.10. The van der Waals surface area contributed by atoms with Crippen LogP contribution in [-0.4, -0.2) is 15.7 Å². The van der Waals surface area contributed by atoms with Gasteiger partial charge in [0, 0.05) is 16.7 Å². The molecule has 0 atom stereocenters. The third-order valence-corrected chi connectivity index (χ3v) is 3.50. The molecule has 0 bridgehead atoms. The highest BCUT2D eigenvalue weighted by atomic mass is 79.9. The summed E-state index contributed by atoms with van der Waals surface area (Å²) in [5.74, 6) is 0.878. The van der Waals surface area contributed by atoms with Crippen molar-refractivity contribution in [1.82, 2.24) is 4.98 Å². The quantitative estimate of drug-likeness (QED) is 0.344. The number of pyridine rings is 1. The van der Waals surface area contributed by atoms with Gasteiger partial charge >= 0.3 is 5.69 Å². The maximum atomic E-state index is 10.8. The molecule has 1 rings (SSSR count). The van der Waals surface area contributed by atoms with E-state index in [-0.39, 0.29) is 10.6 Å². The molecular formula is C10H13BrN2O2S. The Morgan fingerprint density at radius 2 is 2.31 bits per heavy atom. The summed E-state index contributed by atoms with van der Waals surface area (Å²) in [5, 5.41) is 11.3. The topological polar surface area (TPSA) is 56.0 Å². The van der Waals surface area contributed by atoms with Gasteiger partial charge in [0.15, 0.2) is 5.03 Å². The first-order valence-corrected chi connectivity index (χ1v) is 6.85. The molecule has 6 heteroatoms. The summed E-state index contributed by atoms with van der Waals surface area (Å²) >= 11 is 4.63. The van der Waals surface area contributed by atoms with Gasteiger partial charge in [0.1, 0.15) is 0 Å². The predicted molar refractivity (Wildman–Crippen MR) is 68.8 cm³/mol. The number of nitrogens with zero attached hydrogens (tertiary/aromatic N) is 2. The van der Waals surface area contributed by atoms with E-state index in [0.717, 1.165) is 25.0 Å². The number of unbranched alkanes of at least 4 members (excludes halogenated alkanes) is 2. The number of nitro groups is 1. The lowest BCUT2D eigenvalue weighted by Crippen LogP contribution is -1.94. The molecule has 0 spiro atoms. The number of hydrogen-bond donors (Lipinski definition) is 0. The highest BCUT2D eigenvalue weighted by Gasteiger charge is 2.15. The molecule has 16 heavy (non-hydrogen) atoms. The summed E-state index contributed by atoms with van der Waals surface area (Å²) in [7, 11) is 0. The highest BCUT2D eigenvalue weighted by Crippen LogP contribution is 2.29. The maximum absolute atomic E-state index is 10.8. The van der Waals surface area contributed by atoms with Crippen molar-refractivity contribution in [2.75, 3.05) is 5.75 Å². The van der Waals surface area contributed by atoms with Crippen molar-refractivity contribution in [1.29, 1.82) is 0 Å². The first-order valence-electron chi connectivity index (χ1n) is 5.08. The van der Waals surface area contributed by atoms with Crippen molar-refractivity contribution >= 4 is 33.4 Å². The summed E-state index contributed by atoms with van der Waals surface area (Å²) in [6.07, 6.45) is 4.96. The zero-order valence-corrected chi connectivity index (χ0v) is 11.4. The molecule has 1 heterocycles. The Balaban J connectivity index is 2.67. The number of halogens is 1. The Hall–Kier alpha value is -0.620. The SMILES string of the molecule is CCCCCSc1ncc(Br)cc1[N+](=O)[O-]. The Morgan fingerprint density at radius 3 is 2.94 bits per heavy atom. The van der Waals surface area contributed by atoms with E-state index in [2.05, 4.69) is 27.8 Å². The van der Waals surface area contributed by atoms with E-state index in [4.69, 9.17) is 0 Å². The summed E-state index contributed by atoms with van der Waals surface area (Å²) in [6.45, 7) is 2.13. The smallest absolute Gasteiger partial charge is 0.258 e. The summed E-state index contributed by atoms with van der Waals surface area (Å²) < 4.78 is 0.636. The van der Waals surface area contributed by atoms with Crippen molar-refractivity contribution < 1.29 is 4.92 Å². The second-order valence-corrected chi connectivity index (χ2v) is 5.29. The van der Waals surface area contributed by atoms with Crippen LogP contribution in [-0.2, 0) is 0 Å². The number of hydrogen-bond acceptors (Lipinski definition) is 4. The minimum Gasteiger partial charge on any atom is -0.258 e. The van der Waals surface area contributed by atoms with E-state index in [1.807, 2.05) is 0 Å². The molecule has 0 radical (unpaired) electrons. The van der Waals surface area contributed by atoms with Crippen LogP contribution in [0.2, 0.25) is 0 Å². The van der Waals surface area contributed by atoms with Crippen LogP contribution < -0.4 is 0 Å². The number of thioether (sulfide) groups is 1. The van der Waals surface area contributed by atoms with Gasteiger partial charge in [-0.1, -0.05) is 31.5 Å². The van der Waals surface area contributed by atoms with Crippen molar-refractivity contribution in [2.24, 2.45) is 0 Å². The molecule has 1 aromatic rings. The Labute approximate surface area is 107 Å². The second kappa shape index (κ2) is 6.85. The van der Waals surface area contributed by atoms with E-state index in [1.165, 1.54) is 17.8 Å². The van der Waals surface area contributed by atoms with Crippen LogP contribution in [0.25, 0.3) is 0 Å². The van der Waals surface area contributed by atoms with Gasteiger partial charge in [-0.15, -0.1) is 0 Å². The van der Waals surface area contributed by atoms with Gasteiger partial charge in [-0.05, 0) is 28.1 Å². The van der Waals surface area contributed by atoms with E-state index in [0.29, 0.717) is 9.50 Å². The first-order chi connectivity index (χ1) is 7.65. The monoisotopic (exact) mass is 304 g/mol. The fourth-order valence-corrected chi connectivity index (χ4v) is 2.45. The average molecular weight is 305 g/mol. The first kappa shape index (κ1) is 13.4. The predicted octanol–water partition coefficient (Wildman–Crippen LogP) is 4.03. The van der Waals surface area contributed by atoms with Gasteiger partial charge in [-0.2, -0.15) is 0 Å². The second-order valence-electron chi connectivity index (χ2n) is 3.29.